The molecular weight excluding hydrogens is 126 g/mol. The van der Waals surface area contributed by atoms with Gasteiger partial charge in [0.1, 0.15) is 0 Å². The van der Waals surface area contributed by atoms with E-state index in [0.717, 1.165) is 5.92 Å². The molecule has 0 spiro atoms. The largest absolute Gasteiger partial charge is 0.395 e. The lowest BCUT2D eigenvalue weighted by Crippen LogP contribution is -2.51. The van der Waals surface area contributed by atoms with Crippen molar-refractivity contribution in [1.82, 2.24) is 4.90 Å². The van der Waals surface area contributed by atoms with Gasteiger partial charge in [-0.05, 0) is 12.8 Å². The van der Waals surface area contributed by atoms with Gasteiger partial charge in [-0.2, -0.15) is 0 Å². The summed E-state index contributed by atoms with van der Waals surface area (Å²) in [5.41, 5.74) is 0. The highest BCUT2D eigenvalue weighted by atomic mass is 16.3. The predicted octanol–water partition coefficient (Wildman–Crippen LogP) is 0.709. The molecule has 2 heteroatoms. The molecule has 0 unspecified atom stereocenters. The molecule has 0 bridgehead atoms. The first-order valence-electron chi connectivity index (χ1n) is 4.12. The molecule has 0 aliphatic carbocycles. The average molecular weight is 143 g/mol. The number of aliphatic hydroxyl groups is 1. The maximum Gasteiger partial charge on any atom is 0.0584 e. The van der Waals surface area contributed by atoms with Crippen molar-refractivity contribution in [1.29, 1.82) is 0 Å². The highest BCUT2D eigenvalue weighted by molar-refractivity contribution is 4.82. The van der Waals surface area contributed by atoms with Crippen LogP contribution in [0.3, 0.4) is 0 Å². The topological polar surface area (TPSA) is 23.5 Å². The second kappa shape index (κ2) is 3.35. The Morgan fingerprint density at radius 3 is 2.60 bits per heavy atom. The van der Waals surface area contributed by atoms with E-state index >= 15 is 0 Å². The van der Waals surface area contributed by atoms with Crippen molar-refractivity contribution in [2.75, 3.05) is 19.7 Å². The summed E-state index contributed by atoms with van der Waals surface area (Å²) in [6.07, 6.45) is 1.29. The van der Waals surface area contributed by atoms with Crippen molar-refractivity contribution in [2.45, 2.75) is 26.3 Å². The highest BCUT2D eigenvalue weighted by Gasteiger charge is 2.27. The Bertz CT molecular complexity index is 99.4. The van der Waals surface area contributed by atoms with Crippen LogP contribution in [0.4, 0.5) is 0 Å². The lowest BCUT2D eigenvalue weighted by molar-refractivity contribution is 0.0310. The van der Waals surface area contributed by atoms with E-state index in [0.29, 0.717) is 12.6 Å². The summed E-state index contributed by atoms with van der Waals surface area (Å²) in [7, 11) is 0. The fourth-order valence-corrected chi connectivity index (χ4v) is 1.34. The minimum Gasteiger partial charge on any atom is -0.395 e. The maximum absolute atomic E-state index is 8.79. The van der Waals surface area contributed by atoms with Crippen LogP contribution in [-0.4, -0.2) is 35.7 Å². The maximum atomic E-state index is 8.79. The van der Waals surface area contributed by atoms with Crippen LogP contribution in [0.1, 0.15) is 20.3 Å². The van der Waals surface area contributed by atoms with Gasteiger partial charge >= 0.3 is 0 Å². The van der Waals surface area contributed by atoms with Gasteiger partial charge in [0.05, 0.1) is 6.61 Å². The highest BCUT2D eigenvalue weighted by Crippen LogP contribution is 2.20. The zero-order valence-electron chi connectivity index (χ0n) is 6.88. The summed E-state index contributed by atoms with van der Waals surface area (Å²) >= 11 is 0. The lowest BCUT2D eigenvalue weighted by Gasteiger charge is -2.42. The summed E-state index contributed by atoms with van der Waals surface area (Å²) in [6, 6.07) is 0.378. The molecule has 0 aromatic rings. The van der Waals surface area contributed by atoms with Gasteiger partial charge in [0.15, 0.2) is 0 Å². The minimum atomic E-state index is 0.302. The van der Waals surface area contributed by atoms with E-state index in [1.165, 1.54) is 19.5 Å². The zero-order chi connectivity index (χ0) is 7.56. The van der Waals surface area contributed by atoms with Crippen molar-refractivity contribution >= 4 is 0 Å². The van der Waals surface area contributed by atoms with Gasteiger partial charge in [-0.15, -0.1) is 0 Å². The van der Waals surface area contributed by atoms with Crippen molar-refractivity contribution in [3.8, 4) is 0 Å². The number of hydrogen-bond acceptors (Lipinski definition) is 2. The summed E-state index contributed by atoms with van der Waals surface area (Å²) in [5, 5.41) is 8.79. The average Bonchev–Trinajstić information content (AvgIpc) is 1.85. The van der Waals surface area contributed by atoms with Crippen molar-refractivity contribution in [2.24, 2.45) is 5.92 Å². The molecule has 60 valence electrons. The van der Waals surface area contributed by atoms with E-state index in [-0.39, 0.29) is 0 Å². The van der Waals surface area contributed by atoms with Crippen LogP contribution in [-0.2, 0) is 0 Å². The molecule has 1 atom stereocenters. The Morgan fingerprint density at radius 1 is 1.60 bits per heavy atom. The van der Waals surface area contributed by atoms with Crippen molar-refractivity contribution in [3.05, 3.63) is 0 Å². The summed E-state index contributed by atoms with van der Waals surface area (Å²) in [4.78, 5) is 2.33. The minimum absolute atomic E-state index is 0.302. The first-order chi connectivity index (χ1) is 4.77. The van der Waals surface area contributed by atoms with Gasteiger partial charge in [-0.25, -0.2) is 0 Å². The Balaban J connectivity index is 2.13. The Hall–Kier alpha value is -0.0800. The Morgan fingerprint density at radius 2 is 2.20 bits per heavy atom. The summed E-state index contributed by atoms with van der Waals surface area (Å²) in [5.74, 6) is 0.897. The third kappa shape index (κ3) is 1.50. The first kappa shape index (κ1) is 8.02. The van der Waals surface area contributed by atoms with Crippen LogP contribution in [0.5, 0.6) is 0 Å². The van der Waals surface area contributed by atoms with Crippen LogP contribution in [0.2, 0.25) is 0 Å². The number of rotatable bonds is 3. The van der Waals surface area contributed by atoms with Crippen LogP contribution in [0.15, 0.2) is 0 Å². The molecule has 1 fully saturated rings. The smallest absolute Gasteiger partial charge is 0.0584 e. The van der Waals surface area contributed by atoms with Crippen molar-refractivity contribution < 1.29 is 5.11 Å². The molecule has 0 aromatic heterocycles. The van der Waals surface area contributed by atoms with Gasteiger partial charge in [-0.1, -0.05) is 13.3 Å². The quantitative estimate of drug-likeness (QED) is 0.629. The lowest BCUT2D eigenvalue weighted by atomic mass is 9.96. The number of nitrogens with zero attached hydrogens (tertiary/aromatic N) is 1. The molecule has 0 aromatic carbocycles. The van der Waals surface area contributed by atoms with E-state index in [4.69, 9.17) is 5.11 Å². The zero-order valence-corrected chi connectivity index (χ0v) is 6.88. The van der Waals surface area contributed by atoms with Crippen LogP contribution in [0, 0.1) is 5.92 Å². The third-order valence-corrected chi connectivity index (χ3v) is 2.45. The fraction of sp³-hybridized carbons (Fsp3) is 1.00. The van der Waals surface area contributed by atoms with Gasteiger partial charge < -0.3 is 5.11 Å². The molecule has 1 rings (SSSR count). The summed E-state index contributed by atoms with van der Waals surface area (Å²) in [6.45, 7) is 6.99. The molecule has 10 heavy (non-hydrogen) atoms. The van der Waals surface area contributed by atoms with Crippen LogP contribution < -0.4 is 0 Å². The second-order valence-electron chi connectivity index (χ2n) is 3.26. The van der Waals surface area contributed by atoms with E-state index in [2.05, 4.69) is 18.7 Å². The summed E-state index contributed by atoms with van der Waals surface area (Å²) < 4.78 is 0. The molecule has 0 radical (unpaired) electrons. The normalized spacial score (nSPS) is 24.3. The van der Waals surface area contributed by atoms with Gasteiger partial charge in [-0.3, -0.25) is 4.90 Å². The molecule has 0 saturated carbocycles. The molecule has 2 nitrogen and oxygen atoms in total. The van der Waals surface area contributed by atoms with Crippen LogP contribution >= 0.6 is 0 Å². The Labute approximate surface area is 62.8 Å². The SMILES string of the molecule is CCC1CN([C@H](C)CO)C1. The molecule has 0 amide bonds. The molecule has 1 aliphatic heterocycles. The molecular formula is C8H17NO. The van der Waals surface area contributed by atoms with E-state index in [1.54, 1.807) is 0 Å². The van der Waals surface area contributed by atoms with Gasteiger partial charge in [0.2, 0.25) is 0 Å². The van der Waals surface area contributed by atoms with E-state index in [1.807, 2.05) is 0 Å². The van der Waals surface area contributed by atoms with E-state index in [9.17, 15) is 0 Å². The van der Waals surface area contributed by atoms with Gasteiger partial charge in [0.25, 0.3) is 0 Å². The fourth-order valence-electron chi connectivity index (χ4n) is 1.34. The third-order valence-electron chi connectivity index (χ3n) is 2.45. The number of likely N-dealkylation sites (tertiary alicyclic amines) is 1. The molecule has 1 heterocycles. The van der Waals surface area contributed by atoms with Crippen molar-refractivity contribution in [3.63, 3.8) is 0 Å². The predicted molar refractivity (Wildman–Crippen MR) is 41.9 cm³/mol. The second-order valence-corrected chi connectivity index (χ2v) is 3.26. The molecule has 1 saturated heterocycles. The standard InChI is InChI=1S/C8H17NO/c1-3-8-4-9(5-8)7(2)6-10/h7-8,10H,3-6H2,1-2H3/t7-/m1/s1. The monoisotopic (exact) mass is 143 g/mol. The number of hydrogen-bond donors (Lipinski definition) is 1. The first-order valence-corrected chi connectivity index (χ1v) is 4.12. The molecule has 1 N–H and O–H groups in total. The van der Waals surface area contributed by atoms with Crippen LogP contribution in [0.25, 0.3) is 0 Å². The van der Waals surface area contributed by atoms with E-state index < -0.39 is 0 Å². The Kier molecular flexibility index (Phi) is 2.69. The number of aliphatic hydroxyl groups excluding tert-OH is 1. The van der Waals surface area contributed by atoms with Gasteiger partial charge in [0, 0.05) is 19.1 Å². The molecule has 1 aliphatic rings.